The second-order valence-corrected chi connectivity index (χ2v) is 14.9. The summed E-state index contributed by atoms with van der Waals surface area (Å²) in [6.07, 6.45) is 10.9. The summed E-state index contributed by atoms with van der Waals surface area (Å²) in [5, 5.41) is 23.3. The highest BCUT2D eigenvalue weighted by Crippen LogP contribution is 2.14. The van der Waals surface area contributed by atoms with Crippen LogP contribution in [0.15, 0.2) is 24.3 Å². The molecule has 17 nitrogen and oxygen atoms in total. The van der Waals surface area contributed by atoms with Crippen LogP contribution in [0.2, 0.25) is 0 Å². The van der Waals surface area contributed by atoms with E-state index in [9.17, 15) is 28.8 Å². The molecule has 1 aromatic carbocycles. The van der Waals surface area contributed by atoms with Crippen LogP contribution in [0, 0.1) is 0 Å². The minimum atomic E-state index is -0.954. The van der Waals surface area contributed by atoms with Gasteiger partial charge in [0.1, 0.15) is 19.0 Å². The smallest absolute Gasteiger partial charge is 0.335 e. The molecule has 0 aliphatic rings. The van der Waals surface area contributed by atoms with Gasteiger partial charge in [0.15, 0.2) is 0 Å². The van der Waals surface area contributed by atoms with Crippen LogP contribution in [0.3, 0.4) is 0 Å². The fraction of sp³-hybridized carbons (Fsp3) is 0.714. The molecule has 5 amide bonds. The third-order valence-corrected chi connectivity index (χ3v) is 9.40. The summed E-state index contributed by atoms with van der Waals surface area (Å²) in [6.45, 7) is 7.10. The number of carboxylic acids is 1. The molecule has 0 unspecified atom stereocenters. The Labute approximate surface area is 364 Å². The molecule has 0 heterocycles. The van der Waals surface area contributed by atoms with Crippen molar-refractivity contribution < 1.29 is 57.6 Å². The maximum atomic E-state index is 12.3. The van der Waals surface area contributed by atoms with E-state index in [1.807, 2.05) is 13.8 Å². The van der Waals surface area contributed by atoms with Crippen LogP contribution in [-0.2, 0) is 42.9 Å². The SMILES string of the molecule is C[C@@H](CCCCNC(=O)COCCOCCNC(=O)COCCOCCNC(=O)CC[C@H](C)NC(=O)CCCCCCCCCOc1ccc(C(=O)O)cc1)NC(=O)CBr. The highest BCUT2D eigenvalue weighted by atomic mass is 79.9. The normalized spacial score (nSPS) is 11.9. The minimum Gasteiger partial charge on any atom is -0.494 e. The van der Waals surface area contributed by atoms with Gasteiger partial charge in [-0.3, -0.25) is 24.0 Å². The summed E-state index contributed by atoms with van der Waals surface area (Å²) < 4.78 is 27.1. The molecule has 0 aromatic heterocycles. The summed E-state index contributed by atoms with van der Waals surface area (Å²) in [5.74, 6) is -0.918. The van der Waals surface area contributed by atoms with Crippen LogP contribution in [0.5, 0.6) is 5.75 Å². The first-order valence-corrected chi connectivity index (χ1v) is 22.3. The third-order valence-electron chi connectivity index (χ3n) is 8.89. The molecule has 0 aliphatic heterocycles. The highest BCUT2D eigenvalue weighted by Gasteiger charge is 2.11. The number of unbranched alkanes of at least 4 members (excludes halogenated alkanes) is 7. The third kappa shape index (κ3) is 32.9. The summed E-state index contributed by atoms with van der Waals surface area (Å²) in [5.41, 5.74) is 0.240. The van der Waals surface area contributed by atoms with Crippen LogP contribution < -0.4 is 31.3 Å². The maximum Gasteiger partial charge on any atom is 0.335 e. The molecule has 1 aromatic rings. The van der Waals surface area contributed by atoms with E-state index < -0.39 is 5.97 Å². The van der Waals surface area contributed by atoms with Crippen LogP contribution in [0.25, 0.3) is 0 Å². The summed E-state index contributed by atoms with van der Waals surface area (Å²) in [7, 11) is 0. The Morgan fingerprint density at radius 3 is 1.65 bits per heavy atom. The van der Waals surface area contributed by atoms with E-state index in [0.717, 1.165) is 64.2 Å². The molecular weight excluding hydrogens is 846 g/mol. The quantitative estimate of drug-likeness (QED) is 0.0411. The predicted octanol–water partition coefficient (Wildman–Crippen LogP) is 3.65. The fourth-order valence-electron chi connectivity index (χ4n) is 5.60. The van der Waals surface area contributed by atoms with E-state index in [1.54, 1.807) is 12.1 Å². The molecule has 0 saturated heterocycles. The van der Waals surface area contributed by atoms with E-state index in [2.05, 4.69) is 42.5 Å². The van der Waals surface area contributed by atoms with Gasteiger partial charge in [-0.05, 0) is 76.6 Å². The number of rotatable bonds is 39. The van der Waals surface area contributed by atoms with Crippen molar-refractivity contribution >= 4 is 51.4 Å². The molecular formula is C42H70BrN5O12. The van der Waals surface area contributed by atoms with Gasteiger partial charge in [-0.1, -0.05) is 48.0 Å². The van der Waals surface area contributed by atoms with Crippen LogP contribution in [-0.4, -0.2) is 137 Å². The zero-order valence-electron chi connectivity index (χ0n) is 35.7. The number of carbonyl (C=O) groups excluding carboxylic acids is 5. The number of hydrogen-bond acceptors (Lipinski definition) is 11. The van der Waals surface area contributed by atoms with Crippen molar-refractivity contribution in [2.75, 3.05) is 84.4 Å². The monoisotopic (exact) mass is 915 g/mol. The molecule has 60 heavy (non-hydrogen) atoms. The second kappa shape index (κ2) is 37.0. The van der Waals surface area contributed by atoms with Crippen molar-refractivity contribution in [3.05, 3.63) is 29.8 Å². The van der Waals surface area contributed by atoms with E-state index in [-0.39, 0.29) is 98.8 Å². The number of benzene rings is 1. The Hall–Kier alpha value is -3.84. The van der Waals surface area contributed by atoms with Gasteiger partial charge in [0.2, 0.25) is 29.5 Å². The average Bonchev–Trinajstić information content (AvgIpc) is 3.22. The van der Waals surface area contributed by atoms with Gasteiger partial charge in [0, 0.05) is 44.6 Å². The average molecular weight is 917 g/mol. The standard InChI is InChI=1S/C42H70BrN5O12/c1-33(48-39(51)30-43)12-9-10-20-44-40(52)31-58-28-27-57-25-22-46-41(53)32-59-29-26-56-24-21-45-37(49)19-14-34(2)47-38(50)13-8-6-4-3-5-7-11-23-60-36-17-15-35(16-18-36)42(54)55/h15-18,33-34H,3-14,19-32H2,1-2H3,(H,44,52)(H,45,49)(H,46,53)(H,47,50)(H,48,51)(H,54,55)/t33-,34-/m0/s1. The van der Waals surface area contributed by atoms with Gasteiger partial charge in [0.05, 0.1) is 57.1 Å². The second-order valence-electron chi connectivity index (χ2n) is 14.4. The molecule has 2 atom stereocenters. The van der Waals surface area contributed by atoms with Crippen molar-refractivity contribution in [3.63, 3.8) is 0 Å². The summed E-state index contributed by atoms with van der Waals surface area (Å²) in [6, 6.07) is 6.40. The van der Waals surface area contributed by atoms with E-state index in [0.29, 0.717) is 57.9 Å². The van der Waals surface area contributed by atoms with Crippen molar-refractivity contribution in [1.29, 1.82) is 0 Å². The number of carboxylic acid groups (broad SMARTS) is 1. The maximum absolute atomic E-state index is 12.3. The van der Waals surface area contributed by atoms with Crippen molar-refractivity contribution in [2.24, 2.45) is 0 Å². The first-order chi connectivity index (χ1) is 29.0. The zero-order chi connectivity index (χ0) is 44.1. The van der Waals surface area contributed by atoms with Gasteiger partial charge in [-0.25, -0.2) is 4.79 Å². The van der Waals surface area contributed by atoms with Gasteiger partial charge in [0.25, 0.3) is 0 Å². The summed E-state index contributed by atoms with van der Waals surface area (Å²) in [4.78, 5) is 70.4. The van der Waals surface area contributed by atoms with E-state index in [1.165, 1.54) is 12.1 Å². The molecule has 0 bridgehead atoms. The Balaban J connectivity index is 1.84. The lowest BCUT2D eigenvalue weighted by molar-refractivity contribution is -0.127. The highest BCUT2D eigenvalue weighted by molar-refractivity contribution is 9.09. The van der Waals surface area contributed by atoms with Gasteiger partial charge < -0.3 is 55.4 Å². The number of amides is 5. The lowest BCUT2D eigenvalue weighted by Crippen LogP contribution is -2.34. The lowest BCUT2D eigenvalue weighted by atomic mass is 10.1. The minimum absolute atomic E-state index is 0.000724. The van der Waals surface area contributed by atoms with Crippen molar-refractivity contribution in [3.8, 4) is 5.75 Å². The largest absolute Gasteiger partial charge is 0.494 e. The van der Waals surface area contributed by atoms with Crippen LogP contribution >= 0.6 is 15.9 Å². The van der Waals surface area contributed by atoms with E-state index >= 15 is 0 Å². The zero-order valence-corrected chi connectivity index (χ0v) is 37.3. The van der Waals surface area contributed by atoms with Crippen molar-refractivity contribution in [2.45, 2.75) is 109 Å². The Morgan fingerprint density at radius 2 is 1.05 bits per heavy atom. The lowest BCUT2D eigenvalue weighted by Gasteiger charge is -2.14. The van der Waals surface area contributed by atoms with Crippen molar-refractivity contribution in [1.82, 2.24) is 26.6 Å². The molecule has 1 rings (SSSR count). The number of ether oxygens (including phenoxy) is 5. The first kappa shape index (κ1) is 54.2. The van der Waals surface area contributed by atoms with Gasteiger partial charge >= 0.3 is 5.97 Å². The number of aromatic carboxylic acids is 1. The predicted molar refractivity (Wildman–Crippen MR) is 230 cm³/mol. The molecule has 0 radical (unpaired) electrons. The molecule has 0 saturated carbocycles. The van der Waals surface area contributed by atoms with Crippen LogP contribution in [0.4, 0.5) is 0 Å². The Morgan fingerprint density at radius 1 is 0.533 bits per heavy atom. The number of halogens is 1. The molecule has 18 heteroatoms. The number of carbonyl (C=O) groups is 6. The fourth-order valence-corrected chi connectivity index (χ4v) is 5.76. The molecule has 342 valence electrons. The molecule has 0 fully saturated rings. The van der Waals surface area contributed by atoms with E-state index in [4.69, 9.17) is 28.8 Å². The molecule has 6 N–H and O–H groups in total. The molecule has 0 spiro atoms. The Bertz CT molecular complexity index is 1340. The number of alkyl halides is 1. The van der Waals surface area contributed by atoms with Gasteiger partial charge in [-0.15, -0.1) is 0 Å². The Kier molecular flexibility index (Phi) is 33.4. The first-order valence-electron chi connectivity index (χ1n) is 21.2. The van der Waals surface area contributed by atoms with Crippen LogP contribution in [0.1, 0.15) is 108 Å². The number of hydrogen-bond donors (Lipinski definition) is 6. The molecule has 0 aliphatic carbocycles. The number of nitrogens with one attached hydrogen (secondary N) is 5. The van der Waals surface area contributed by atoms with Gasteiger partial charge in [-0.2, -0.15) is 0 Å². The topological polar surface area (TPSA) is 229 Å². The summed E-state index contributed by atoms with van der Waals surface area (Å²) >= 11 is 3.12.